The Morgan fingerprint density at radius 2 is 1.41 bits per heavy atom. The number of rotatable bonds is 11. The van der Waals surface area contributed by atoms with Crippen molar-refractivity contribution in [2.75, 3.05) is 39.4 Å². The summed E-state index contributed by atoms with van der Waals surface area (Å²) >= 11 is 0. The third kappa shape index (κ3) is 8.33. The summed E-state index contributed by atoms with van der Waals surface area (Å²) in [6.45, 7) is 5.98. The van der Waals surface area contributed by atoms with Gasteiger partial charge in [-0.25, -0.2) is 4.79 Å². The van der Waals surface area contributed by atoms with E-state index in [0.717, 1.165) is 25.2 Å². The molecule has 0 radical (unpaired) electrons. The second kappa shape index (κ2) is 15.0. The van der Waals surface area contributed by atoms with Crippen molar-refractivity contribution in [3.63, 3.8) is 0 Å². The highest BCUT2D eigenvalue weighted by Crippen LogP contribution is 2.20. The van der Waals surface area contributed by atoms with Crippen molar-refractivity contribution in [2.24, 2.45) is 0 Å². The van der Waals surface area contributed by atoms with Gasteiger partial charge in [0, 0.05) is 50.4 Å². The maximum absolute atomic E-state index is 13.2. The number of carbonyl (C=O) groups is 3. The lowest BCUT2D eigenvalue weighted by Crippen LogP contribution is -2.48. The summed E-state index contributed by atoms with van der Waals surface area (Å²) in [6, 6.07) is 33.1. The number of benzene rings is 4. The lowest BCUT2D eigenvalue weighted by Gasteiger charge is -2.34. The summed E-state index contributed by atoms with van der Waals surface area (Å²) in [6.07, 6.45) is 0. The fraction of sp³-hybridized carbons (Fsp3) is 0.250. The predicted octanol–water partition coefficient (Wildman–Crippen LogP) is 5.18. The molecule has 1 aliphatic heterocycles. The second-order valence-electron chi connectivity index (χ2n) is 10.6. The molecule has 0 atom stereocenters. The van der Waals surface area contributed by atoms with Crippen LogP contribution >= 0.6 is 0 Å². The van der Waals surface area contributed by atoms with Gasteiger partial charge >= 0.3 is 5.97 Å². The molecule has 1 heterocycles. The first-order chi connectivity index (χ1) is 21.5. The standard InChI is InChI=1S/C36H37N3O5/c1-2-43-34(40)26-44-33-10-6-9-32(23-33)35(41)37-24-27-11-17-31(18-12-27)36(42)39-21-19-38(20-22-39)25-28-13-15-30(16-14-28)29-7-4-3-5-8-29/h3-18,23H,2,19-22,24-26H2,1H3,(H,37,41). The van der Waals surface area contributed by atoms with E-state index in [2.05, 4.69) is 58.7 Å². The molecular weight excluding hydrogens is 554 g/mol. The van der Waals surface area contributed by atoms with Crippen molar-refractivity contribution in [1.82, 2.24) is 15.1 Å². The van der Waals surface area contributed by atoms with E-state index in [0.29, 0.717) is 36.5 Å². The van der Waals surface area contributed by atoms with Gasteiger partial charge < -0.3 is 19.7 Å². The van der Waals surface area contributed by atoms with E-state index in [-0.39, 0.29) is 25.0 Å². The van der Waals surface area contributed by atoms with Crippen LogP contribution in [0.4, 0.5) is 0 Å². The van der Waals surface area contributed by atoms with Crippen LogP contribution in [-0.2, 0) is 22.6 Å². The number of amides is 2. The minimum absolute atomic E-state index is 0.0204. The lowest BCUT2D eigenvalue weighted by atomic mass is 10.0. The van der Waals surface area contributed by atoms with E-state index in [9.17, 15) is 14.4 Å². The molecule has 0 aliphatic carbocycles. The molecule has 0 bridgehead atoms. The van der Waals surface area contributed by atoms with Gasteiger partial charge in [-0.05, 0) is 59.5 Å². The van der Waals surface area contributed by atoms with Crippen LogP contribution in [0.25, 0.3) is 11.1 Å². The molecule has 4 aromatic carbocycles. The third-order valence-electron chi connectivity index (χ3n) is 7.54. The van der Waals surface area contributed by atoms with Crippen molar-refractivity contribution in [3.8, 4) is 16.9 Å². The molecule has 0 spiro atoms. The van der Waals surface area contributed by atoms with Crippen LogP contribution in [0.15, 0.2) is 103 Å². The van der Waals surface area contributed by atoms with Crippen LogP contribution in [-0.4, -0.2) is 67.0 Å². The SMILES string of the molecule is CCOC(=O)COc1cccc(C(=O)NCc2ccc(C(=O)N3CCN(Cc4ccc(-c5ccccc5)cc4)CC3)cc2)c1. The molecule has 1 N–H and O–H groups in total. The quantitative estimate of drug-likeness (QED) is 0.242. The lowest BCUT2D eigenvalue weighted by molar-refractivity contribution is -0.145. The van der Waals surface area contributed by atoms with Crippen molar-refractivity contribution in [3.05, 3.63) is 125 Å². The van der Waals surface area contributed by atoms with Gasteiger partial charge in [-0.15, -0.1) is 0 Å². The number of esters is 1. The van der Waals surface area contributed by atoms with Crippen molar-refractivity contribution < 1.29 is 23.9 Å². The van der Waals surface area contributed by atoms with E-state index in [1.54, 1.807) is 31.2 Å². The van der Waals surface area contributed by atoms with Crippen molar-refractivity contribution in [1.29, 1.82) is 0 Å². The molecule has 1 saturated heterocycles. The molecule has 0 saturated carbocycles. The topological polar surface area (TPSA) is 88.2 Å². The van der Waals surface area contributed by atoms with Gasteiger partial charge in [-0.3, -0.25) is 14.5 Å². The second-order valence-corrected chi connectivity index (χ2v) is 10.6. The number of piperazine rings is 1. The molecule has 4 aromatic rings. The molecule has 0 aromatic heterocycles. The number of hydrogen-bond donors (Lipinski definition) is 1. The van der Waals surface area contributed by atoms with E-state index in [4.69, 9.17) is 9.47 Å². The summed E-state index contributed by atoms with van der Waals surface area (Å²) < 4.78 is 10.3. The third-order valence-corrected chi connectivity index (χ3v) is 7.54. The van der Waals surface area contributed by atoms with Crippen LogP contribution in [0.3, 0.4) is 0 Å². The Morgan fingerprint density at radius 1 is 0.727 bits per heavy atom. The number of ether oxygens (including phenoxy) is 2. The van der Waals surface area contributed by atoms with Crippen LogP contribution in [0.1, 0.15) is 38.8 Å². The van der Waals surface area contributed by atoms with Crippen molar-refractivity contribution >= 4 is 17.8 Å². The summed E-state index contributed by atoms with van der Waals surface area (Å²) in [5.41, 5.74) is 5.63. The molecular formula is C36H37N3O5. The average Bonchev–Trinajstić information content (AvgIpc) is 3.07. The Hall–Kier alpha value is -4.95. The molecule has 1 fully saturated rings. The zero-order valence-corrected chi connectivity index (χ0v) is 24.9. The highest BCUT2D eigenvalue weighted by molar-refractivity contribution is 5.95. The van der Waals surface area contributed by atoms with Gasteiger partial charge in [0.15, 0.2) is 6.61 Å². The molecule has 44 heavy (non-hydrogen) atoms. The number of hydrogen-bond acceptors (Lipinski definition) is 6. The average molecular weight is 592 g/mol. The Labute approximate surface area is 258 Å². The minimum atomic E-state index is -0.465. The van der Waals surface area contributed by atoms with Gasteiger partial charge in [-0.2, -0.15) is 0 Å². The Kier molecular flexibility index (Phi) is 10.4. The Bertz CT molecular complexity index is 1550. The summed E-state index contributed by atoms with van der Waals surface area (Å²) in [4.78, 5) is 41.7. The Balaban J connectivity index is 1.06. The summed E-state index contributed by atoms with van der Waals surface area (Å²) in [7, 11) is 0. The van der Waals surface area contributed by atoms with Crippen LogP contribution < -0.4 is 10.1 Å². The zero-order chi connectivity index (χ0) is 30.7. The summed E-state index contributed by atoms with van der Waals surface area (Å²) in [5.74, 6) is -0.303. The van der Waals surface area contributed by atoms with Gasteiger partial charge in [0.05, 0.1) is 6.61 Å². The maximum Gasteiger partial charge on any atom is 0.344 e. The first-order valence-corrected chi connectivity index (χ1v) is 14.9. The van der Waals surface area contributed by atoms with Gasteiger partial charge in [0.25, 0.3) is 11.8 Å². The number of carbonyl (C=O) groups excluding carboxylic acids is 3. The van der Waals surface area contributed by atoms with Crippen LogP contribution in [0.5, 0.6) is 5.75 Å². The first kappa shape index (κ1) is 30.5. The van der Waals surface area contributed by atoms with Gasteiger partial charge in [0.1, 0.15) is 5.75 Å². The van der Waals surface area contributed by atoms with E-state index >= 15 is 0 Å². The van der Waals surface area contributed by atoms with Crippen molar-refractivity contribution in [2.45, 2.75) is 20.0 Å². The monoisotopic (exact) mass is 591 g/mol. The highest BCUT2D eigenvalue weighted by atomic mass is 16.6. The number of nitrogens with zero attached hydrogens (tertiary/aromatic N) is 2. The van der Waals surface area contributed by atoms with Gasteiger partial charge in [-0.1, -0.05) is 72.8 Å². The normalized spacial score (nSPS) is 13.2. The van der Waals surface area contributed by atoms with Gasteiger partial charge in [0.2, 0.25) is 0 Å². The van der Waals surface area contributed by atoms with E-state index < -0.39 is 5.97 Å². The van der Waals surface area contributed by atoms with E-state index in [1.165, 1.54) is 16.7 Å². The smallest absolute Gasteiger partial charge is 0.344 e. The predicted molar refractivity (Wildman–Crippen MR) is 169 cm³/mol. The first-order valence-electron chi connectivity index (χ1n) is 14.9. The fourth-order valence-electron chi connectivity index (χ4n) is 5.10. The zero-order valence-electron chi connectivity index (χ0n) is 24.9. The largest absolute Gasteiger partial charge is 0.482 e. The fourth-order valence-corrected chi connectivity index (χ4v) is 5.10. The number of nitrogens with one attached hydrogen (secondary N) is 1. The molecule has 8 heteroatoms. The molecule has 8 nitrogen and oxygen atoms in total. The molecule has 0 unspecified atom stereocenters. The maximum atomic E-state index is 13.2. The van der Waals surface area contributed by atoms with E-state index in [1.807, 2.05) is 35.2 Å². The Morgan fingerprint density at radius 3 is 2.11 bits per heavy atom. The van der Waals surface area contributed by atoms with Crippen LogP contribution in [0, 0.1) is 0 Å². The molecule has 1 aliphatic rings. The highest BCUT2D eigenvalue weighted by Gasteiger charge is 2.22. The molecule has 2 amide bonds. The summed E-state index contributed by atoms with van der Waals surface area (Å²) in [5, 5.41) is 2.89. The molecule has 5 rings (SSSR count). The minimum Gasteiger partial charge on any atom is -0.482 e. The van der Waals surface area contributed by atoms with Crippen LogP contribution in [0.2, 0.25) is 0 Å². The molecule has 226 valence electrons.